The SMILES string of the molecule is Cn1nc(-c2ccco2)cc1-c1ccc(C(N)=O)s1. The highest BCUT2D eigenvalue weighted by atomic mass is 32.1. The Bertz CT molecular complexity index is 725. The Morgan fingerprint density at radius 1 is 1.42 bits per heavy atom. The number of aromatic nitrogens is 2. The van der Waals surface area contributed by atoms with Gasteiger partial charge in [0.2, 0.25) is 0 Å². The van der Waals surface area contributed by atoms with Crippen LogP contribution in [0.2, 0.25) is 0 Å². The van der Waals surface area contributed by atoms with Gasteiger partial charge in [-0.25, -0.2) is 0 Å². The zero-order valence-electron chi connectivity index (χ0n) is 10.2. The average Bonchev–Trinajstić information content (AvgIpc) is 3.08. The van der Waals surface area contributed by atoms with Crippen LogP contribution in [0.15, 0.2) is 41.0 Å². The second-order valence-electron chi connectivity index (χ2n) is 4.04. The van der Waals surface area contributed by atoms with Gasteiger partial charge in [0.25, 0.3) is 5.91 Å². The summed E-state index contributed by atoms with van der Waals surface area (Å²) in [5, 5.41) is 4.40. The van der Waals surface area contributed by atoms with Crippen molar-refractivity contribution in [1.29, 1.82) is 0 Å². The lowest BCUT2D eigenvalue weighted by Gasteiger charge is -1.95. The largest absolute Gasteiger partial charge is 0.463 e. The van der Waals surface area contributed by atoms with Crippen LogP contribution < -0.4 is 5.73 Å². The van der Waals surface area contributed by atoms with Crippen LogP contribution >= 0.6 is 11.3 Å². The fourth-order valence-corrected chi connectivity index (χ4v) is 2.76. The summed E-state index contributed by atoms with van der Waals surface area (Å²) < 4.78 is 7.08. The molecule has 3 rings (SSSR count). The normalized spacial score (nSPS) is 10.8. The van der Waals surface area contributed by atoms with Crippen molar-refractivity contribution in [2.75, 3.05) is 0 Å². The third-order valence-electron chi connectivity index (χ3n) is 2.75. The van der Waals surface area contributed by atoms with Crippen molar-refractivity contribution in [3.05, 3.63) is 41.5 Å². The van der Waals surface area contributed by atoms with Crippen molar-refractivity contribution in [3.8, 4) is 22.0 Å². The quantitative estimate of drug-likeness (QED) is 0.796. The first-order chi connectivity index (χ1) is 9.15. The maximum Gasteiger partial charge on any atom is 0.258 e. The number of primary amides is 1. The molecule has 0 aliphatic carbocycles. The van der Waals surface area contributed by atoms with Crippen LogP contribution in [0.3, 0.4) is 0 Å². The zero-order chi connectivity index (χ0) is 13.4. The van der Waals surface area contributed by atoms with E-state index in [1.807, 2.05) is 31.3 Å². The highest BCUT2D eigenvalue weighted by molar-refractivity contribution is 7.17. The van der Waals surface area contributed by atoms with Crippen molar-refractivity contribution >= 4 is 17.2 Å². The molecular formula is C13H11N3O2S. The van der Waals surface area contributed by atoms with Gasteiger partial charge >= 0.3 is 0 Å². The predicted octanol–water partition coefficient (Wildman–Crippen LogP) is 2.51. The van der Waals surface area contributed by atoms with E-state index in [-0.39, 0.29) is 0 Å². The van der Waals surface area contributed by atoms with Crippen LogP contribution in [0.25, 0.3) is 22.0 Å². The number of carbonyl (C=O) groups is 1. The van der Waals surface area contributed by atoms with Crippen LogP contribution in [0, 0.1) is 0 Å². The summed E-state index contributed by atoms with van der Waals surface area (Å²) in [6.07, 6.45) is 1.61. The summed E-state index contributed by atoms with van der Waals surface area (Å²) in [5.74, 6) is 0.304. The smallest absolute Gasteiger partial charge is 0.258 e. The lowest BCUT2D eigenvalue weighted by Crippen LogP contribution is -2.07. The molecule has 96 valence electrons. The molecule has 0 radical (unpaired) electrons. The van der Waals surface area contributed by atoms with Gasteiger partial charge in [-0.1, -0.05) is 0 Å². The van der Waals surface area contributed by atoms with E-state index in [9.17, 15) is 4.79 Å². The summed E-state index contributed by atoms with van der Waals surface area (Å²) in [6.45, 7) is 0. The lowest BCUT2D eigenvalue weighted by molar-refractivity contribution is 0.100. The summed E-state index contributed by atoms with van der Waals surface area (Å²) in [5.41, 5.74) is 6.94. The number of hydrogen-bond donors (Lipinski definition) is 1. The highest BCUT2D eigenvalue weighted by Gasteiger charge is 2.13. The van der Waals surface area contributed by atoms with Gasteiger partial charge in [-0.15, -0.1) is 11.3 Å². The highest BCUT2D eigenvalue weighted by Crippen LogP contribution is 2.30. The van der Waals surface area contributed by atoms with Crippen molar-refractivity contribution in [1.82, 2.24) is 9.78 Å². The van der Waals surface area contributed by atoms with Gasteiger partial charge in [0.1, 0.15) is 5.69 Å². The Labute approximate surface area is 113 Å². The van der Waals surface area contributed by atoms with E-state index in [2.05, 4.69) is 5.10 Å². The number of furan rings is 1. The minimum Gasteiger partial charge on any atom is -0.463 e. The number of amides is 1. The first-order valence-corrected chi connectivity index (χ1v) is 6.45. The number of carbonyl (C=O) groups excluding carboxylic acids is 1. The van der Waals surface area contributed by atoms with Gasteiger partial charge in [0, 0.05) is 7.05 Å². The lowest BCUT2D eigenvalue weighted by atomic mass is 10.2. The number of thiophene rings is 1. The summed E-state index contributed by atoms with van der Waals surface area (Å²) >= 11 is 1.35. The van der Waals surface area contributed by atoms with Gasteiger partial charge in [-0.2, -0.15) is 5.10 Å². The fraction of sp³-hybridized carbons (Fsp3) is 0.0769. The van der Waals surface area contributed by atoms with Crippen LogP contribution in [-0.2, 0) is 7.05 Å². The number of nitrogens with two attached hydrogens (primary N) is 1. The minimum atomic E-state index is -0.412. The van der Waals surface area contributed by atoms with Gasteiger partial charge in [0.05, 0.1) is 21.7 Å². The molecule has 0 aliphatic heterocycles. The Morgan fingerprint density at radius 2 is 2.26 bits per heavy atom. The minimum absolute atomic E-state index is 0.412. The zero-order valence-corrected chi connectivity index (χ0v) is 11.0. The van der Waals surface area contributed by atoms with E-state index >= 15 is 0 Å². The molecule has 0 aliphatic rings. The Kier molecular flexibility index (Phi) is 2.72. The predicted molar refractivity (Wildman–Crippen MR) is 72.7 cm³/mol. The number of aryl methyl sites for hydroxylation is 1. The van der Waals surface area contributed by atoms with E-state index in [0.717, 1.165) is 16.3 Å². The van der Waals surface area contributed by atoms with Gasteiger partial charge in [0.15, 0.2) is 5.76 Å². The van der Waals surface area contributed by atoms with Crippen LogP contribution in [0.1, 0.15) is 9.67 Å². The molecule has 5 nitrogen and oxygen atoms in total. The van der Waals surface area contributed by atoms with Crippen molar-refractivity contribution in [2.45, 2.75) is 0 Å². The van der Waals surface area contributed by atoms with E-state index < -0.39 is 5.91 Å². The third kappa shape index (κ3) is 2.06. The third-order valence-corrected chi connectivity index (χ3v) is 3.88. The molecule has 0 aromatic carbocycles. The van der Waals surface area contributed by atoms with Crippen LogP contribution in [-0.4, -0.2) is 15.7 Å². The van der Waals surface area contributed by atoms with Crippen molar-refractivity contribution in [2.24, 2.45) is 12.8 Å². The first-order valence-electron chi connectivity index (χ1n) is 5.63. The summed E-state index contributed by atoms with van der Waals surface area (Å²) in [7, 11) is 1.85. The monoisotopic (exact) mass is 273 g/mol. The Hall–Kier alpha value is -2.34. The molecule has 3 aromatic rings. The van der Waals surface area contributed by atoms with E-state index in [4.69, 9.17) is 10.2 Å². The maximum absolute atomic E-state index is 11.1. The molecule has 2 N–H and O–H groups in total. The second-order valence-corrected chi connectivity index (χ2v) is 5.13. The van der Waals surface area contributed by atoms with Gasteiger partial charge < -0.3 is 10.2 Å². The summed E-state index contributed by atoms with van der Waals surface area (Å²) in [6, 6.07) is 9.19. The molecule has 0 saturated carbocycles. The molecule has 0 unspecified atom stereocenters. The molecule has 0 atom stereocenters. The van der Waals surface area contributed by atoms with Crippen LogP contribution in [0.4, 0.5) is 0 Å². The molecule has 0 spiro atoms. The van der Waals surface area contributed by atoms with Crippen molar-refractivity contribution in [3.63, 3.8) is 0 Å². The molecule has 3 aromatic heterocycles. The topological polar surface area (TPSA) is 74.1 Å². The fourth-order valence-electron chi connectivity index (χ4n) is 1.85. The molecule has 3 heterocycles. The molecule has 19 heavy (non-hydrogen) atoms. The van der Waals surface area contributed by atoms with Crippen molar-refractivity contribution < 1.29 is 9.21 Å². The average molecular weight is 273 g/mol. The molecular weight excluding hydrogens is 262 g/mol. The van der Waals surface area contributed by atoms with Crippen LogP contribution in [0.5, 0.6) is 0 Å². The maximum atomic E-state index is 11.1. The second kappa shape index (κ2) is 4.40. The molecule has 0 saturated heterocycles. The van der Waals surface area contributed by atoms with Gasteiger partial charge in [-0.3, -0.25) is 9.48 Å². The molecule has 6 heteroatoms. The first kappa shape index (κ1) is 11.7. The molecule has 0 bridgehead atoms. The van der Waals surface area contributed by atoms with E-state index in [1.165, 1.54) is 11.3 Å². The molecule has 0 fully saturated rings. The number of hydrogen-bond acceptors (Lipinski definition) is 4. The molecule has 1 amide bonds. The Balaban J connectivity index is 2.03. The van der Waals surface area contributed by atoms with E-state index in [1.54, 1.807) is 17.0 Å². The van der Waals surface area contributed by atoms with Gasteiger partial charge in [-0.05, 0) is 30.3 Å². The standard InChI is InChI=1S/C13H11N3O2S/c1-16-9(11-4-5-12(19-11)13(14)17)7-8(15-16)10-3-2-6-18-10/h2-7H,1H3,(H2,14,17). The number of rotatable bonds is 3. The summed E-state index contributed by atoms with van der Waals surface area (Å²) in [4.78, 5) is 12.6. The van der Waals surface area contributed by atoms with E-state index in [0.29, 0.717) is 10.6 Å². The number of nitrogens with zero attached hydrogens (tertiary/aromatic N) is 2. The Morgan fingerprint density at radius 3 is 2.89 bits per heavy atom.